The van der Waals surface area contributed by atoms with E-state index >= 15 is 0 Å². The number of nitrogens with zero attached hydrogens (tertiary/aromatic N) is 1. The van der Waals surface area contributed by atoms with Gasteiger partial charge in [0.2, 0.25) is 9.84 Å². The number of sulfone groups is 1. The highest BCUT2D eigenvalue weighted by molar-refractivity contribution is 7.91. The van der Waals surface area contributed by atoms with Crippen LogP contribution in [0.5, 0.6) is 0 Å². The lowest BCUT2D eigenvalue weighted by atomic mass is 10.1. The van der Waals surface area contributed by atoms with Gasteiger partial charge < -0.3 is 11.1 Å². The van der Waals surface area contributed by atoms with E-state index in [0.29, 0.717) is 5.69 Å². The quantitative estimate of drug-likeness (QED) is 0.362. The van der Waals surface area contributed by atoms with Crippen molar-refractivity contribution in [2.75, 3.05) is 11.1 Å². The second kappa shape index (κ2) is 7.96. The van der Waals surface area contributed by atoms with Crippen molar-refractivity contribution in [1.29, 1.82) is 0 Å². The lowest BCUT2D eigenvalue weighted by Crippen LogP contribution is -2.19. The minimum Gasteiger partial charge on any atom is -0.398 e. The third-order valence-corrected chi connectivity index (χ3v) is 6.22. The molecule has 0 heterocycles. The lowest BCUT2D eigenvalue weighted by molar-refractivity contribution is -0.384. The van der Waals surface area contributed by atoms with E-state index < -0.39 is 20.7 Å². The Kier molecular flexibility index (Phi) is 5.57. The first-order chi connectivity index (χ1) is 14.1. The normalized spacial score (nSPS) is 11.1. The molecule has 8 nitrogen and oxygen atoms in total. The molecular weight excluding hydrogens is 406 g/mol. The van der Waals surface area contributed by atoms with Crippen LogP contribution in [0, 0.1) is 24.0 Å². The highest BCUT2D eigenvalue weighted by Crippen LogP contribution is 2.29. The Morgan fingerprint density at radius 1 is 1.00 bits per heavy atom. The van der Waals surface area contributed by atoms with Crippen LogP contribution in [0.4, 0.5) is 17.1 Å². The smallest absolute Gasteiger partial charge is 0.269 e. The van der Waals surface area contributed by atoms with Gasteiger partial charge in [0.15, 0.2) is 0 Å². The van der Waals surface area contributed by atoms with Crippen molar-refractivity contribution in [3.05, 3.63) is 87.5 Å². The van der Waals surface area contributed by atoms with E-state index in [0.717, 1.165) is 35.4 Å². The van der Waals surface area contributed by atoms with Gasteiger partial charge in [-0.2, -0.15) is 0 Å². The number of carbonyl (C=O) groups is 1. The Bertz CT molecular complexity index is 1230. The van der Waals surface area contributed by atoms with E-state index in [-0.39, 0.29) is 26.7 Å². The summed E-state index contributed by atoms with van der Waals surface area (Å²) in [5.74, 6) is -0.668. The summed E-state index contributed by atoms with van der Waals surface area (Å²) in [6, 6.07) is 14.0. The number of hydrogen-bond acceptors (Lipinski definition) is 6. The Hall–Kier alpha value is -3.72. The van der Waals surface area contributed by atoms with Gasteiger partial charge in [-0.1, -0.05) is 12.1 Å². The molecule has 0 saturated carbocycles. The van der Waals surface area contributed by atoms with Crippen LogP contribution in [0.2, 0.25) is 0 Å². The van der Waals surface area contributed by atoms with E-state index in [4.69, 9.17) is 5.73 Å². The molecule has 0 fully saturated rings. The van der Waals surface area contributed by atoms with Crippen molar-refractivity contribution >= 4 is 32.8 Å². The summed E-state index contributed by atoms with van der Waals surface area (Å²) in [5, 5.41) is 13.5. The number of nitrogen functional groups attached to an aromatic ring is 1. The molecule has 0 aliphatic rings. The first kappa shape index (κ1) is 21.0. The summed E-state index contributed by atoms with van der Waals surface area (Å²) in [5.41, 5.74) is 7.92. The fourth-order valence-corrected chi connectivity index (χ4v) is 4.61. The number of nitrogens with one attached hydrogen (secondary N) is 1. The molecule has 3 rings (SSSR count). The molecule has 0 radical (unpaired) electrons. The van der Waals surface area contributed by atoms with Crippen molar-refractivity contribution in [3.8, 4) is 0 Å². The average molecular weight is 425 g/mol. The van der Waals surface area contributed by atoms with Gasteiger partial charge in [0.25, 0.3) is 11.6 Å². The number of carbonyl (C=O) groups excluding carboxylic acids is 1. The number of hydrogen-bond donors (Lipinski definition) is 2. The average Bonchev–Trinajstić information content (AvgIpc) is 2.66. The monoisotopic (exact) mass is 425 g/mol. The second-order valence-electron chi connectivity index (χ2n) is 6.81. The molecule has 3 N–H and O–H groups in total. The Morgan fingerprint density at radius 3 is 2.17 bits per heavy atom. The number of nitro benzene ring substituents is 1. The molecule has 0 unspecified atom stereocenters. The molecule has 0 aromatic heterocycles. The van der Waals surface area contributed by atoms with Crippen LogP contribution in [0.15, 0.2) is 70.5 Å². The largest absolute Gasteiger partial charge is 0.398 e. The molecule has 0 spiro atoms. The SMILES string of the molecule is Cc1cc(C)cc(NC(=O)c2c(N)cccc2S(=O)(=O)c2ccc([N+](=O)[O-])cc2)c1. The predicted molar refractivity (Wildman–Crippen MR) is 113 cm³/mol. The van der Waals surface area contributed by atoms with Gasteiger partial charge in [0, 0.05) is 23.5 Å². The topological polar surface area (TPSA) is 132 Å². The zero-order valence-electron chi connectivity index (χ0n) is 16.2. The van der Waals surface area contributed by atoms with Crippen molar-refractivity contribution in [3.63, 3.8) is 0 Å². The van der Waals surface area contributed by atoms with E-state index in [9.17, 15) is 23.3 Å². The highest BCUT2D eigenvalue weighted by atomic mass is 32.2. The van der Waals surface area contributed by atoms with Crippen LogP contribution in [-0.4, -0.2) is 19.2 Å². The number of rotatable bonds is 5. The summed E-state index contributed by atoms with van der Waals surface area (Å²) in [4.78, 5) is 22.7. The molecule has 0 saturated heterocycles. The number of amides is 1. The van der Waals surface area contributed by atoms with E-state index in [1.807, 2.05) is 19.9 Å². The molecule has 0 aliphatic carbocycles. The van der Waals surface area contributed by atoms with Gasteiger partial charge in [-0.15, -0.1) is 0 Å². The summed E-state index contributed by atoms with van der Waals surface area (Å²) >= 11 is 0. The first-order valence-corrected chi connectivity index (χ1v) is 10.4. The highest BCUT2D eigenvalue weighted by Gasteiger charge is 2.27. The van der Waals surface area contributed by atoms with Gasteiger partial charge in [0.05, 0.1) is 20.3 Å². The maximum absolute atomic E-state index is 13.1. The zero-order chi connectivity index (χ0) is 22.1. The predicted octanol–water partition coefficient (Wildman–Crippen LogP) is 3.88. The third kappa shape index (κ3) is 4.15. The summed E-state index contributed by atoms with van der Waals surface area (Å²) in [6.45, 7) is 3.76. The zero-order valence-corrected chi connectivity index (χ0v) is 17.1. The molecule has 30 heavy (non-hydrogen) atoms. The third-order valence-electron chi connectivity index (χ3n) is 4.41. The molecular formula is C21H19N3O5S. The number of aryl methyl sites for hydroxylation is 2. The minimum atomic E-state index is -4.15. The molecule has 3 aromatic carbocycles. The van der Waals surface area contributed by atoms with Gasteiger partial charge in [-0.3, -0.25) is 14.9 Å². The number of non-ortho nitro benzene ring substituents is 1. The van der Waals surface area contributed by atoms with E-state index in [1.54, 1.807) is 12.1 Å². The van der Waals surface area contributed by atoms with Crippen molar-refractivity contribution < 1.29 is 18.1 Å². The summed E-state index contributed by atoms with van der Waals surface area (Å²) in [6.07, 6.45) is 0. The van der Waals surface area contributed by atoms with Crippen molar-refractivity contribution in [2.24, 2.45) is 0 Å². The number of benzene rings is 3. The fourth-order valence-electron chi connectivity index (χ4n) is 3.13. The molecule has 9 heteroatoms. The summed E-state index contributed by atoms with van der Waals surface area (Å²) < 4.78 is 26.3. The van der Waals surface area contributed by atoms with E-state index in [2.05, 4.69) is 5.32 Å². The van der Waals surface area contributed by atoms with Gasteiger partial charge in [-0.25, -0.2) is 8.42 Å². The maximum Gasteiger partial charge on any atom is 0.269 e. The number of anilines is 2. The minimum absolute atomic E-state index is 0.000128. The first-order valence-electron chi connectivity index (χ1n) is 8.87. The van der Waals surface area contributed by atoms with Gasteiger partial charge in [0.1, 0.15) is 0 Å². The molecule has 0 atom stereocenters. The van der Waals surface area contributed by atoms with Crippen LogP contribution in [0.3, 0.4) is 0 Å². The molecule has 0 aliphatic heterocycles. The van der Waals surface area contributed by atoms with Crippen molar-refractivity contribution in [1.82, 2.24) is 0 Å². The molecule has 0 bridgehead atoms. The van der Waals surface area contributed by atoms with Crippen LogP contribution in [0.1, 0.15) is 21.5 Å². The molecule has 1 amide bonds. The van der Waals surface area contributed by atoms with Gasteiger partial charge >= 0.3 is 0 Å². The van der Waals surface area contributed by atoms with E-state index in [1.165, 1.54) is 18.2 Å². The Balaban J connectivity index is 2.05. The Labute approximate surface area is 173 Å². The Morgan fingerprint density at radius 2 is 1.60 bits per heavy atom. The standard InChI is InChI=1S/C21H19N3O5S/c1-13-10-14(2)12-15(11-13)23-21(25)20-18(22)4-3-5-19(20)30(28,29)17-8-6-16(7-9-17)24(26)27/h3-12H,22H2,1-2H3,(H,23,25). The lowest BCUT2D eigenvalue weighted by Gasteiger charge is -2.14. The maximum atomic E-state index is 13.1. The van der Waals surface area contributed by atoms with Crippen LogP contribution in [-0.2, 0) is 9.84 Å². The fraction of sp³-hybridized carbons (Fsp3) is 0.0952. The summed E-state index contributed by atoms with van der Waals surface area (Å²) in [7, 11) is -4.15. The number of nitrogens with two attached hydrogens (primary N) is 1. The van der Waals surface area contributed by atoms with Crippen molar-refractivity contribution in [2.45, 2.75) is 23.6 Å². The van der Waals surface area contributed by atoms with Crippen LogP contribution in [0.25, 0.3) is 0 Å². The molecule has 3 aromatic rings. The van der Waals surface area contributed by atoms with Crippen LogP contribution < -0.4 is 11.1 Å². The van der Waals surface area contributed by atoms with Gasteiger partial charge in [-0.05, 0) is 61.4 Å². The van der Waals surface area contributed by atoms with Crippen LogP contribution >= 0.6 is 0 Å². The number of nitro groups is 1. The second-order valence-corrected chi connectivity index (χ2v) is 8.72. The molecule has 154 valence electrons.